The van der Waals surface area contributed by atoms with Crippen molar-refractivity contribution in [2.24, 2.45) is 11.1 Å². The van der Waals surface area contributed by atoms with Crippen LogP contribution >= 0.6 is 0 Å². The van der Waals surface area contributed by atoms with Crippen LogP contribution in [0.1, 0.15) is 56.5 Å². The quantitative estimate of drug-likeness (QED) is 0.214. The highest BCUT2D eigenvalue weighted by Gasteiger charge is 2.35. The van der Waals surface area contributed by atoms with E-state index >= 15 is 0 Å². The van der Waals surface area contributed by atoms with Crippen LogP contribution in [0.25, 0.3) is 33.3 Å². The Hall–Kier alpha value is -5.02. The average molecular weight is 779 g/mol. The first-order valence-electron chi connectivity index (χ1n) is 20.1. The molecule has 57 heavy (non-hydrogen) atoms. The fourth-order valence-electron chi connectivity index (χ4n) is 8.78. The molecule has 2 aromatic carbocycles. The van der Waals surface area contributed by atoms with Gasteiger partial charge in [-0.05, 0) is 66.6 Å². The summed E-state index contributed by atoms with van der Waals surface area (Å²) < 4.78 is 17.8. The maximum Gasteiger partial charge on any atom is 0.324 e. The lowest BCUT2D eigenvalue weighted by molar-refractivity contribution is -0.155. The zero-order valence-electron chi connectivity index (χ0n) is 33.3. The molecule has 0 spiro atoms. The van der Waals surface area contributed by atoms with E-state index in [-0.39, 0.29) is 25.0 Å². The molecule has 14 heteroatoms. The Balaban J connectivity index is 1.24. The van der Waals surface area contributed by atoms with Crippen molar-refractivity contribution >= 4 is 34.5 Å². The molecule has 0 saturated carbocycles. The van der Waals surface area contributed by atoms with Crippen molar-refractivity contribution in [3.63, 3.8) is 0 Å². The van der Waals surface area contributed by atoms with Crippen LogP contribution in [0.4, 0.5) is 10.5 Å². The van der Waals surface area contributed by atoms with Crippen molar-refractivity contribution in [2.75, 3.05) is 64.6 Å². The molecule has 4 unspecified atom stereocenters. The number of cyclic esters (lactones) is 1. The maximum absolute atomic E-state index is 13.8. The van der Waals surface area contributed by atoms with E-state index < -0.39 is 29.5 Å². The summed E-state index contributed by atoms with van der Waals surface area (Å²) >= 11 is 0. The van der Waals surface area contributed by atoms with E-state index in [4.69, 9.17) is 24.9 Å². The molecule has 0 aliphatic carbocycles. The summed E-state index contributed by atoms with van der Waals surface area (Å²) in [6, 6.07) is 14.6. The van der Waals surface area contributed by atoms with Gasteiger partial charge in [0.1, 0.15) is 12.1 Å². The Morgan fingerprint density at radius 2 is 1.93 bits per heavy atom. The Bertz CT molecular complexity index is 2150. The number of urea groups is 1. The highest BCUT2D eigenvalue weighted by atomic mass is 16.5. The van der Waals surface area contributed by atoms with Gasteiger partial charge < -0.3 is 35.1 Å². The normalized spacial score (nSPS) is 23.7. The number of H-pyrrole nitrogens is 1. The lowest BCUT2D eigenvalue weighted by Crippen LogP contribution is -2.60. The second-order valence-electron chi connectivity index (χ2n) is 16.7. The topological polar surface area (TPSA) is 167 Å². The van der Waals surface area contributed by atoms with Crippen LogP contribution in [0.5, 0.6) is 0 Å². The van der Waals surface area contributed by atoms with Crippen molar-refractivity contribution in [1.29, 1.82) is 0 Å². The fraction of sp³-hybridized carbons (Fsp3) is 0.488. The Labute approximate surface area is 333 Å². The zero-order valence-corrected chi connectivity index (χ0v) is 33.3. The number of hydrazine groups is 1. The lowest BCUT2D eigenvalue weighted by atomic mass is 9.84. The van der Waals surface area contributed by atoms with Crippen LogP contribution in [0, 0.1) is 5.41 Å². The number of aromatic amines is 1. The maximum atomic E-state index is 13.8. The minimum absolute atomic E-state index is 0.158. The molecule has 3 saturated heterocycles. The van der Waals surface area contributed by atoms with Crippen LogP contribution in [0.15, 0.2) is 54.7 Å². The van der Waals surface area contributed by atoms with Crippen LogP contribution in [0.3, 0.4) is 0 Å². The first-order valence-corrected chi connectivity index (χ1v) is 20.1. The van der Waals surface area contributed by atoms with E-state index in [0.29, 0.717) is 31.8 Å². The van der Waals surface area contributed by atoms with Crippen LogP contribution in [0.2, 0.25) is 0 Å². The highest BCUT2D eigenvalue weighted by Crippen LogP contribution is 2.41. The number of nitrogens with one attached hydrogen (secondary N) is 3. The number of carbonyl (C=O) groups is 3. The van der Waals surface area contributed by atoms with Crippen LogP contribution in [-0.2, 0) is 36.6 Å². The minimum Gasteiger partial charge on any atom is -0.464 e. The number of ether oxygens (including phenoxy) is 3. The van der Waals surface area contributed by atoms with E-state index in [9.17, 15) is 14.4 Å². The van der Waals surface area contributed by atoms with Gasteiger partial charge in [0.05, 0.1) is 55.2 Å². The molecule has 6 bridgehead atoms. The number of morpholine rings is 1. The number of anilines is 1. The van der Waals surface area contributed by atoms with Gasteiger partial charge in [0.15, 0.2) is 0 Å². The highest BCUT2D eigenvalue weighted by molar-refractivity contribution is 5.95. The SMILES string of the molecule is COC(C)c1ncc(N2CCN3CCOCC3C2)cc1-c1[nH]c2ccc3cc2c1CC(C)(C)COC(=O)C1CCCN(N1)C(=O)C(NC(N)=O)Cc1cccc-3c1. The molecule has 8 rings (SSSR count). The predicted octanol–water partition coefficient (Wildman–Crippen LogP) is 4.33. The number of benzene rings is 2. The molecule has 14 nitrogen and oxygen atoms in total. The number of amides is 3. The Kier molecular flexibility index (Phi) is 11.0. The number of nitrogens with two attached hydrogens (primary N) is 1. The predicted molar refractivity (Wildman–Crippen MR) is 217 cm³/mol. The van der Waals surface area contributed by atoms with Crippen LogP contribution in [-0.4, -0.2) is 116 Å². The molecule has 2 aromatic heterocycles. The third kappa shape index (κ3) is 8.22. The number of fused-ring (bicyclic) bond motifs is 7. The van der Waals surface area contributed by atoms with Gasteiger partial charge in [0.2, 0.25) is 0 Å². The molecule has 4 aliphatic rings. The molecule has 4 aliphatic heterocycles. The van der Waals surface area contributed by atoms with Crippen molar-refractivity contribution in [3.05, 3.63) is 71.5 Å². The largest absolute Gasteiger partial charge is 0.464 e. The van der Waals surface area contributed by atoms with Crippen LogP contribution < -0.4 is 21.4 Å². The number of primary amides is 1. The van der Waals surface area contributed by atoms with Gasteiger partial charge in [-0.1, -0.05) is 44.2 Å². The van der Waals surface area contributed by atoms with Gasteiger partial charge in [-0.25, -0.2) is 10.2 Å². The Morgan fingerprint density at radius 3 is 2.75 bits per heavy atom. The first-order chi connectivity index (χ1) is 27.5. The zero-order chi connectivity index (χ0) is 39.8. The summed E-state index contributed by atoms with van der Waals surface area (Å²) in [6.07, 6.45) is 3.61. The Morgan fingerprint density at radius 1 is 1.09 bits per heavy atom. The number of methoxy groups -OCH3 is 1. The van der Waals surface area contributed by atoms with Crippen molar-refractivity contribution in [2.45, 2.75) is 70.7 Å². The number of carbonyl (C=O) groups excluding carboxylic acids is 3. The summed E-state index contributed by atoms with van der Waals surface area (Å²) in [5.41, 5.74) is 16.9. The average Bonchev–Trinajstić information content (AvgIpc) is 3.57. The van der Waals surface area contributed by atoms with Gasteiger partial charge in [0, 0.05) is 68.1 Å². The lowest BCUT2D eigenvalue weighted by Gasteiger charge is -2.44. The molecule has 6 heterocycles. The molecule has 3 fully saturated rings. The molecule has 4 aromatic rings. The smallest absolute Gasteiger partial charge is 0.324 e. The molecule has 3 amide bonds. The number of nitrogens with zero attached hydrogens (tertiary/aromatic N) is 4. The van der Waals surface area contributed by atoms with E-state index in [0.717, 1.165) is 95.2 Å². The number of hydrogen-bond acceptors (Lipinski definition) is 10. The number of hydrogen-bond donors (Lipinski definition) is 4. The standard InChI is InChI=1S/C43H54N8O6/c1-26(55-4)38-33(20-30(22-45-38)50-14-13-49-15-16-56-24-31(49)23-50)39-34-21-43(2,3)25-57-41(53)36-9-6-12-51(48-36)40(52)37(47-42(44)54)18-27-7-5-8-28(17-27)29-10-11-35(46-39)32(34)19-29/h5,7-8,10-11,17,19-20,22,26,31,36-37,46,48H,6,9,12-16,18,21,23-25H2,1-4H3,(H3,44,47,54). The number of aromatic nitrogens is 2. The van der Waals surface area contributed by atoms with E-state index in [1.807, 2.05) is 25.3 Å². The summed E-state index contributed by atoms with van der Waals surface area (Å²) in [5.74, 6) is -0.790. The van der Waals surface area contributed by atoms with Gasteiger partial charge in [0.25, 0.3) is 5.91 Å². The molecule has 5 N–H and O–H groups in total. The molecular weight excluding hydrogens is 725 g/mol. The van der Waals surface area contributed by atoms with Gasteiger partial charge >= 0.3 is 12.0 Å². The van der Waals surface area contributed by atoms with Crippen molar-refractivity contribution in [3.8, 4) is 22.4 Å². The number of esters is 1. The molecular formula is C43H54N8O6. The van der Waals surface area contributed by atoms with E-state index in [1.54, 1.807) is 7.11 Å². The summed E-state index contributed by atoms with van der Waals surface area (Å²) in [4.78, 5) is 53.4. The second-order valence-corrected chi connectivity index (χ2v) is 16.7. The second kappa shape index (κ2) is 16.1. The molecule has 302 valence electrons. The summed E-state index contributed by atoms with van der Waals surface area (Å²) in [6.45, 7) is 12.0. The summed E-state index contributed by atoms with van der Waals surface area (Å²) in [5, 5.41) is 5.11. The van der Waals surface area contributed by atoms with Gasteiger partial charge in [-0.2, -0.15) is 0 Å². The molecule has 0 radical (unpaired) electrons. The summed E-state index contributed by atoms with van der Waals surface area (Å²) in [7, 11) is 1.71. The van der Waals surface area contributed by atoms with Gasteiger partial charge in [-0.15, -0.1) is 0 Å². The first kappa shape index (κ1) is 38.8. The number of piperazine rings is 1. The fourth-order valence-corrected chi connectivity index (χ4v) is 8.78. The number of pyridine rings is 1. The molecule has 4 atom stereocenters. The monoisotopic (exact) mass is 778 g/mol. The third-order valence-electron chi connectivity index (χ3n) is 11.9. The van der Waals surface area contributed by atoms with E-state index in [2.05, 4.69) is 75.8 Å². The van der Waals surface area contributed by atoms with Gasteiger partial charge in [-0.3, -0.25) is 24.5 Å². The number of rotatable bonds is 5. The van der Waals surface area contributed by atoms with E-state index in [1.165, 1.54) is 5.01 Å². The third-order valence-corrected chi connectivity index (χ3v) is 11.9. The minimum atomic E-state index is -0.938. The van der Waals surface area contributed by atoms with Crippen molar-refractivity contribution in [1.82, 2.24) is 30.6 Å². The van der Waals surface area contributed by atoms with Crippen molar-refractivity contribution < 1.29 is 28.6 Å².